The van der Waals surface area contributed by atoms with E-state index < -0.39 is 0 Å². The number of hydrogen-bond acceptors (Lipinski definition) is 5. The zero-order chi connectivity index (χ0) is 14.7. The molecule has 1 aliphatic heterocycles. The highest BCUT2D eigenvalue weighted by Gasteiger charge is 2.23. The Morgan fingerprint density at radius 2 is 2.33 bits per heavy atom. The van der Waals surface area contributed by atoms with Crippen LogP contribution in [0.3, 0.4) is 0 Å². The zero-order valence-corrected chi connectivity index (χ0v) is 12.7. The van der Waals surface area contributed by atoms with Crippen LogP contribution in [0.5, 0.6) is 0 Å². The fourth-order valence-electron chi connectivity index (χ4n) is 2.62. The van der Waals surface area contributed by atoms with Crippen LogP contribution in [0.25, 0.3) is 5.65 Å². The predicted molar refractivity (Wildman–Crippen MR) is 84.0 cm³/mol. The van der Waals surface area contributed by atoms with Crippen molar-refractivity contribution < 1.29 is 4.74 Å². The third kappa shape index (κ3) is 2.95. The maximum absolute atomic E-state index is 5.76. The Hall–Kier alpha value is -1.82. The minimum atomic E-state index is 0.280. The normalized spacial score (nSPS) is 19.1. The summed E-state index contributed by atoms with van der Waals surface area (Å²) in [5.74, 6) is 1.85. The summed E-state index contributed by atoms with van der Waals surface area (Å²) in [5.41, 5.74) is 0.911. The van der Waals surface area contributed by atoms with E-state index in [0.717, 1.165) is 56.4 Å². The average Bonchev–Trinajstić information content (AvgIpc) is 3.00. The van der Waals surface area contributed by atoms with Crippen LogP contribution in [0, 0.1) is 0 Å². The highest BCUT2D eigenvalue weighted by Crippen LogP contribution is 2.23. The third-order valence-corrected chi connectivity index (χ3v) is 3.81. The molecule has 1 fully saturated rings. The van der Waals surface area contributed by atoms with Crippen LogP contribution in [-0.2, 0) is 4.74 Å². The summed E-state index contributed by atoms with van der Waals surface area (Å²) < 4.78 is 7.79. The highest BCUT2D eigenvalue weighted by atomic mass is 16.5. The Bertz CT molecular complexity index is 597. The molecular weight excluding hydrogens is 266 g/mol. The quantitative estimate of drug-likeness (QED) is 0.914. The van der Waals surface area contributed by atoms with Crippen molar-refractivity contribution in [2.75, 3.05) is 36.5 Å². The van der Waals surface area contributed by atoms with E-state index in [-0.39, 0.29) is 6.10 Å². The van der Waals surface area contributed by atoms with Gasteiger partial charge in [0.05, 0.1) is 18.9 Å². The van der Waals surface area contributed by atoms with E-state index in [1.54, 1.807) is 0 Å². The molecule has 21 heavy (non-hydrogen) atoms. The molecule has 6 heteroatoms. The molecule has 1 aliphatic rings. The number of fused-ring (bicyclic) bond motifs is 1. The van der Waals surface area contributed by atoms with Gasteiger partial charge in [-0.2, -0.15) is 0 Å². The highest BCUT2D eigenvalue weighted by molar-refractivity contribution is 5.67. The summed E-state index contributed by atoms with van der Waals surface area (Å²) in [6, 6.07) is 0. The second kappa shape index (κ2) is 6.30. The van der Waals surface area contributed by atoms with Gasteiger partial charge in [0.1, 0.15) is 5.82 Å². The van der Waals surface area contributed by atoms with E-state index in [0.29, 0.717) is 0 Å². The van der Waals surface area contributed by atoms with E-state index in [4.69, 9.17) is 9.72 Å². The topological polar surface area (TPSA) is 54.7 Å². The standard InChI is InChI=1S/C15H23N5O/c1-3-5-16-13-11-19-7-6-17-14(19)15(18-13)20-8-9-21-12(4-2)10-20/h6-7,11-12,16H,3-5,8-10H2,1-2H3. The molecule has 0 aromatic carbocycles. The Kier molecular flexibility index (Phi) is 4.24. The van der Waals surface area contributed by atoms with Crippen molar-refractivity contribution in [1.29, 1.82) is 0 Å². The summed E-state index contributed by atoms with van der Waals surface area (Å²) in [7, 11) is 0. The fourth-order valence-corrected chi connectivity index (χ4v) is 2.62. The number of ether oxygens (including phenoxy) is 1. The lowest BCUT2D eigenvalue weighted by molar-refractivity contribution is 0.0382. The van der Waals surface area contributed by atoms with Crippen LogP contribution in [0.4, 0.5) is 11.6 Å². The average molecular weight is 289 g/mol. The molecule has 1 unspecified atom stereocenters. The molecule has 0 spiro atoms. The van der Waals surface area contributed by atoms with E-state index in [1.165, 1.54) is 0 Å². The van der Waals surface area contributed by atoms with E-state index >= 15 is 0 Å². The number of rotatable bonds is 5. The second-order valence-corrected chi connectivity index (χ2v) is 5.38. The molecule has 114 valence electrons. The Labute approximate surface area is 125 Å². The Balaban J connectivity index is 1.93. The van der Waals surface area contributed by atoms with Crippen LogP contribution < -0.4 is 10.2 Å². The number of anilines is 2. The van der Waals surface area contributed by atoms with Crippen molar-refractivity contribution in [2.24, 2.45) is 0 Å². The van der Waals surface area contributed by atoms with Crippen LogP contribution >= 0.6 is 0 Å². The van der Waals surface area contributed by atoms with Crippen molar-refractivity contribution in [3.05, 3.63) is 18.6 Å². The molecule has 0 aliphatic carbocycles. The monoisotopic (exact) mass is 289 g/mol. The van der Waals surface area contributed by atoms with Crippen molar-refractivity contribution in [3.8, 4) is 0 Å². The number of nitrogens with zero attached hydrogens (tertiary/aromatic N) is 4. The molecule has 1 saturated heterocycles. The minimum absolute atomic E-state index is 0.280. The third-order valence-electron chi connectivity index (χ3n) is 3.81. The molecule has 3 heterocycles. The number of imidazole rings is 1. The van der Waals surface area contributed by atoms with Crippen molar-refractivity contribution in [3.63, 3.8) is 0 Å². The predicted octanol–water partition coefficient (Wildman–Crippen LogP) is 2.17. The number of aromatic nitrogens is 3. The molecular formula is C15H23N5O. The largest absolute Gasteiger partial charge is 0.375 e. The number of morpholine rings is 1. The summed E-state index contributed by atoms with van der Waals surface area (Å²) in [5, 5.41) is 3.36. The maximum Gasteiger partial charge on any atom is 0.180 e. The van der Waals surface area contributed by atoms with Gasteiger partial charge in [0.15, 0.2) is 11.5 Å². The van der Waals surface area contributed by atoms with Crippen molar-refractivity contribution in [2.45, 2.75) is 32.8 Å². The lowest BCUT2D eigenvalue weighted by Gasteiger charge is -2.33. The van der Waals surface area contributed by atoms with E-state index in [2.05, 4.69) is 29.0 Å². The van der Waals surface area contributed by atoms with Gasteiger partial charge in [0, 0.05) is 32.0 Å². The van der Waals surface area contributed by atoms with E-state index in [9.17, 15) is 0 Å². The van der Waals surface area contributed by atoms with Crippen molar-refractivity contribution in [1.82, 2.24) is 14.4 Å². The lowest BCUT2D eigenvalue weighted by Crippen LogP contribution is -2.42. The SMILES string of the molecule is CCCNc1cn2ccnc2c(N2CCOC(CC)C2)n1. The fraction of sp³-hybridized carbons (Fsp3) is 0.600. The maximum atomic E-state index is 5.76. The molecule has 0 amide bonds. The molecule has 3 rings (SSSR count). The molecule has 6 nitrogen and oxygen atoms in total. The van der Waals surface area contributed by atoms with Gasteiger partial charge in [-0.15, -0.1) is 0 Å². The van der Waals surface area contributed by atoms with Crippen LogP contribution in [-0.4, -0.2) is 46.7 Å². The van der Waals surface area contributed by atoms with E-state index in [1.807, 2.05) is 23.0 Å². The van der Waals surface area contributed by atoms with Gasteiger partial charge in [-0.05, 0) is 12.8 Å². The van der Waals surface area contributed by atoms with Crippen LogP contribution in [0.1, 0.15) is 26.7 Å². The molecule has 1 N–H and O–H groups in total. The molecule has 0 radical (unpaired) electrons. The van der Waals surface area contributed by atoms with Gasteiger partial charge in [0.25, 0.3) is 0 Å². The molecule has 0 saturated carbocycles. The number of hydrogen-bond donors (Lipinski definition) is 1. The van der Waals surface area contributed by atoms with Gasteiger partial charge in [-0.1, -0.05) is 13.8 Å². The van der Waals surface area contributed by atoms with Gasteiger partial charge in [-0.25, -0.2) is 9.97 Å². The minimum Gasteiger partial charge on any atom is -0.375 e. The first kappa shape index (κ1) is 14.1. The first-order valence-corrected chi connectivity index (χ1v) is 7.76. The Morgan fingerprint density at radius 3 is 3.14 bits per heavy atom. The first-order valence-electron chi connectivity index (χ1n) is 7.76. The zero-order valence-electron chi connectivity index (χ0n) is 12.7. The summed E-state index contributed by atoms with van der Waals surface area (Å²) in [6.45, 7) is 7.73. The van der Waals surface area contributed by atoms with Crippen LogP contribution in [0.2, 0.25) is 0 Å². The first-order chi connectivity index (χ1) is 10.3. The molecule has 2 aromatic rings. The number of nitrogens with one attached hydrogen (secondary N) is 1. The Morgan fingerprint density at radius 1 is 1.43 bits per heavy atom. The summed E-state index contributed by atoms with van der Waals surface area (Å²) >= 11 is 0. The van der Waals surface area contributed by atoms with Gasteiger partial charge in [0.2, 0.25) is 0 Å². The molecule has 0 bridgehead atoms. The second-order valence-electron chi connectivity index (χ2n) is 5.38. The van der Waals surface area contributed by atoms with Gasteiger partial charge < -0.3 is 19.4 Å². The lowest BCUT2D eigenvalue weighted by atomic mass is 10.2. The molecule has 1 atom stereocenters. The smallest absolute Gasteiger partial charge is 0.180 e. The van der Waals surface area contributed by atoms with Gasteiger partial charge >= 0.3 is 0 Å². The molecule has 2 aromatic heterocycles. The van der Waals surface area contributed by atoms with Crippen LogP contribution in [0.15, 0.2) is 18.6 Å². The summed E-state index contributed by atoms with van der Waals surface area (Å²) in [6.07, 6.45) is 8.17. The summed E-state index contributed by atoms with van der Waals surface area (Å²) in [4.78, 5) is 11.5. The van der Waals surface area contributed by atoms with Gasteiger partial charge in [-0.3, -0.25) is 0 Å². The van der Waals surface area contributed by atoms with Crippen molar-refractivity contribution >= 4 is 17.3 Å².